The van der Waals surface area contributed by atoms with Crippen molar-refractivity contribution in [1.82, 2.24) is 25.1 Å². The first-order valence-electron chi connectivity index (χ1n) is 12.6. The highest BCUT2D eigenvalue weighted by atomic mass is 19.4. The van der Waals surface area contributed by atoms with Crippen molar-refractivity contribution in [2.45, 2.75) is 25.2 Å². The van der Waals surface area contributed by atoms with Crippen LogP contribution in [0.4, 0.5) is 24.7 Å². The fourth-order valence-corrected chi connectivity index (χ4v) is 4.97. The number of rotatable bonds is 7. The number of carbonyl (C=O) groups is 1. The summed E-state index contributed by atoms with van der Waals surface area (Å²) in [6, 6.07) is 8.28. The van der Waals surface area contributed by atoms with Crippen molar-refractivity contribution in [2.24, 2.45) is 0 Å². The minimum Gasteiger partial charge on any atom is -0.378 e. The molecule has 5 heterocycles. The number of nitriles is 1. The Balaban J connectivity index is 1.18. The molecule has 3 aromatic heterocycles. The van der Waals surface area contributed by atoms with E-state index < -0.39 is 23.3 Å². The maximum absolute atomic E-state index is 13.8. The first-order valence-corrected chi connectivity index (χ1v) is 12.6. The maximum Gasteiger partial charge on any atom is 0.423 e. The number of hydrogen-bond acceptors (Lipinski definition) is 9. The van der Waals surface area contributed by atoms with E-state index in [1.54, 1.807) is 35.4 Å². The van der Waals surface area contributed by atoms with Gasteiger partial charge in [0.15, 0.2) is 0 Å². The Morgan fingerprint density at radius 2 is 1.95 bits per heavy atom. The molecule has 2 aliphatic heterocycles. The molecule has 1 unspecified atom stereocenters. The van der Waals surface area contributed by atoms with Gasteiger partial charge in [0.05, 0.1) is 48.8 Å². The standard InChI is InChI=1S/C26H25F3N8O3/c27-26(28,29)23-19(14-33-34-25(23)39)37-15-18-2-1-6-31-24(18)20(37)16-40-11-5-22(38)36-9-7-35(8-10-36)21-4-3-17(12-30)13-32-21/h1-4,6,13-14,20H,5,7-11,15-16H2,(H,34,39). The lowest BCUT2D eigenvalue weighted by Crippen LogP contribution is -2.49. The molecule has 0 aromatic carbocycles. The topological polar surface area (TPSA) is 131 Å². The number of aromatic nitrogens is 4. The van der Waals surface area contributed by atoms with Crippen LogP contribution in [0.5, 0.6) is 0 Å². The molecule has 0 saturated carbocycles. The number of nitrogens with zero attached hydrogens (tertiary/aromatic N) is 7. The van der Waals surface area contributed by atoms with Gasteiger partial charge in [-0.3, -0.25) is 14.6 Å². The summed E-state index contributed by atoms with van der Waals surface area (Å²) >= 11 is 0. The summed E-state index contributed by atoms with van der Waals surface area (Å²) in [6.45, 7) is 2.34. The number of piperazine rings is 1. The molecule has 3 aromatic rings. The lowest BCUT2D eigenvalue weighted by atomic mass is 10.1. The molecule has 0 radical (unpaired) electrons. The van der Waals surface area contributed by atoms with Crippen molar-refractivity contribution in [3.05, 3.63) is 75.6 Å². The number of carbonyl (C=O) groups excluding carboxylic acids is 1. The predicted molar refractivity (Wildman–Crippen MR) is 136 cm³/mol. The summed E-state index contributed by atoms with van der Waals surface area (Å²) in [7, 11) is 0. The van der Waals surface area contributed by atoms with Gasteiger partial charge in [-0.05, 0) is 23.8 Å². The molecule has 1 amide bonds. The summed E-state index contributed by atoms with van der Waals surface area (Å²) in [5, 5.41) is 14.4. The Bertz CT molecular complexity index is 1460. The lowest BCUT2D eigenvalue weighted by Gasteiger charge is -2.35. The zero-order valence-electron chi connectivity index (χ0n) is 21.3. The van der Waals surface area contributed by atoms with Crippen LogP contribution in [-0.4, -0.2) is 70.4 Å². The molecule has 1 fully saturated rings. The number of alkyl halides is 3. The summed E-state index contributed by atoms with van der Waals surface area (Å²) < 4.78 is 47.1. The number of amides is 1. The molecule has 11 nitrogen and oxygen atoms in total. The minimum absolute atomic E-state index is 0.0282. The van der Waals surface area contributed by atoms with Crippen LogP contribution in [0.15, 0.2) is 47.7 Å². The van der Waals surface area contributed by atoms with Gasteiger partial charge in [0.25, 0.3) is 5.56 Å². The van der Waals surface area contributed by atoms with Crippen LogP contribution in [0.25, 0.3) is 0 Å². The SMILES string of the molecule is N#Cc1ccc(N2CCN(C(=O)CCOCC3c4ncccc4CN3c3cn[nH]c(=O)c3C(F)(F)F)CC2)nc1. The number of H-pyrrole nitrogens is 1. The second kappa shape index (κ2) is 11.3. The third kappa shape index (κ3) is 5.59. The van der Waals surface area contributed by atoms with Gasteiger partial charge in [-0.15, -0.1) is 0 Å². The molecule has 2 aliphatic rings. The Hall–Kier alpha value is -4.51. The summed E-state index contributed by atoms with van der Waals surface area (Å²) in [5.41, 5.74) is -1.26. The molecule has 40 heavy (non-hydrogen) atoms. The Morgan fingerprint density at radius 1 is 1.15 bits per heavy atom. The van der Waals surface area contributed by atoms with Crippen molar-refractivity contribution >= 4 is 17.4 Å². The van der Waals surface area contributed by atoms with E-state index in [1.165, 1.54) is 11.1 Å². The largest absolute Gasteiger partial charge is 0.423 e. The summed E-state index contributed by atoms with van der Waals surface area (Å²) in [6.07, 6.45) is -0.727. The van der Waals surface area contributed by atoms with Gasteiger partial charge in [0, 0.05) is 45.1 Å². The highest BCUT2D eigenvalue weighted by Gasteiger charge is 2.42. The molecule has 5 rings (SSSR count). The zero-order valence-corrected chi connectivity index (χ0v) is 21.3. The van der Waals surface area contributed by atoms with E-state index in [1.807, 2.05) is 16.1 Å². The van der Waals surface area contributed by atoms with E-state index in [2.05, 4.69) is 15.1 Å². The van der Waals surface area contributed by atoms with E-state index >= 15 is 0 Å². The van der Waals surface area contributed by atoms with Gasteiger partial charge < -0.3 is 19.4 Å². The highest BCUT2D eigenvalue weighted by molar-refractivity contribution is 5.76. The third-order valence-corrected chi connectivity index (χ3v) is 6.96. The molecule has 1 saturated heterocycles. The molecule has 208 valence electrons. The Kier molecular flexibility index (Phi) is 7.65. The van der Waals surface area contributed by atoms with Gasteiger partial charge in [-0.25, -0.2) is 10.1 Å². The second-order valence-electron chi connectivity index (χ2n) is 9.36. The first kappa shape index (κ1) is 27.1. The quantitative estimate of drug-likeness (QED) is 0.437. The number of pyridine rings is 2. The second-order valence-corrected chi connectivity index (χ2v) is 9.36. The number of nitrogens with one attached hydrogen (secondary N) is 1. The smallest absolute Gasteiger partial charge is 0.378 e. The zero-order chi connectivity index (χ0) is 28.3. The monoisotopic (exact) mass is 554 g/mol. The molecule has 14 heteroatoms. The van der Waals surface area contributed by atoms with Gasteiger partial charge in [0.2, 0.25) is 5.91 Å². The summed E-state index contributed by atoms with van der Waals surface area (Å²) in [4.78, 5) is 38.7. The van der Waals surface area contributed by atoms with Crippen LogP contribution in [0, 0.1) is 11.3 Å². The van der Waals surface area contributed by atoms with Crippen molar-refractivity contribution in [3.8, 4) is 6.07 Å². The Morgan fingerprint density at radius 3 is 2.65 bits per heavy atom. The van der Waals surface area contributed by atoms with Crippen molar-refractivity contribution < 1.29 is 22.7 Å². The number of anilines is 2. The number of fused-ring (bicyclic) bond motifs is 1. The minimum atomic E-state index is -4.88. The van der Waals surface area contributed by atoms with Crippen LogP contribution in [0.3, 0.4) is 0 Å². The van der Waals surface area contributed by atoms with Crippen molar-refractivity contribution in [3.63, 3.8) is 0 Å². The van der Waals surface area contributed by atoms with Crippen LogP contribution in [0.2, 0.25) is 0 Å². The van der Waals surface area contributed by atoms with E-state index in [9.17, 15) is 22.8 Å². The highest BCUT2D eigenvalue weighted by Crippen LogP contribution is 2.41. The van der Waals surface area contributed by atoms with Crippen LogP contribution in [0.1, 0.15) is 34.8 Å². The molecule has 0 bridgehead atoms. The fraction of sp³-hybridized carbons (Fsp3) is 0.385. The van der Waals surface area contributed by atoms with E-state index in [0.29, 0.717) is 37.4 Å². The van der Waals surface area contributed by atoms with Crippen LogP contribution >= 0.6 is 0 Å². The fourth-order valence-electron chi connectivity index (χ4n) is 4.97. The molecule has 0 spiro atoms. The van der Waals surface area contributed by atoms with Crippen molar-refractivity contribution in [2.75, 3.05) is 49.2 Å². The van der Waals surface area contributed by atoms with E-state index in [4.69, 9.17) is 10.00 Å². The Labute approximate surface area is 226 Å². The summed E-state index contributed by atoms with van der Waals surface area (Å²) in [5.74, 6) is 0.654. The number of ether oxygens (including phenoxy) is 1. The van der Waals surface area contributed by atoms with Crippen LogP contribution in [-0.2, 0) is 22.3 Å². The molecule has 1 atom stereocenters. The van der Waals surface area contributed by atoms with Crippen LogP contribution < -0.4 is 15.4 Å². The average molecular weight is 555 g/mol. The number of hydrogen-bond donors (Lipinski definition) is 1. The van der Waals surface area contributed by atoms with Gasteiger partial charge in [-0.2, -0.15) is 23.5 Å². The van der Waals surface area contributed by atoms with Gasteiger partial charge >= 0.3 is 6.18 Å². The normalized spacial score (nSPS) is 17.1. The maximum atomic E-state index is 13.8. The molecule has 0 aliphatic carbocycles. The van der Waals surface area contributed by atoms with E-state index in [0.717, 1.165) is 17.6 Å². The average Bonchev–Trinajstić information content (AvgIpc) is 3.33. The van der Waals surface area contributed by atoms with Gasteiger partial charge in [0.1, 0.15) is 17.5 Å². The lowest BCUT2D eigenvalue weighted by molar-refractivity contribution is -0.138. The number of halogens is 3. The van der Waals surface area contributed by atoms with Gasteiger partial charge in [-0.1, -0.05) is 6.07 Å². The molecular weight excluding hydrogens is 529 g/mol. The predicted octanol–water partition coefficient (Wildman–Crippen LogP) is 2.27. The molecule has 1 N–H and O–H groups in total. The third-order valence-electron chi connectivity index (χ3n) is 6.96. The number of aromatic amines is 1. The molecular formula is C26H25F3N8O3. The van der Waals surface area contributed by atoms with Crippen molar-refractivity contribution in [1.29, 1.82) is 5.26 Å². The van der Waals surface area contributed by atoms with E-state index in [-0.39, 0.29) is 37.8 Å². The first-order chi connectivity index (χ1) is 19.3.